The lowest BCUT2D eigenvalue weighted by molar-refractivity contribution is -0.130. The molecule has 1 aromatic heterocycles. The molecule has 6 heteroatoms. The van der Waals surface area contributed by atoms with Crippen molar-refractivity contribution in [1.29, 1.82) is 0 Å². The molecule has 1 atom stereocenters. The Balaban J connectivity index is 1.36. The van der Waals surface area contributed by atoms with E-state index >= 15 is 0 Å². The highest BCUT2D eigenvalue weighted by Gasteiger charge is 2.26. The lowest BCUT2D eigenvalue weighted by Crippen LogP contribution is -2.43. The second kappa shape index (κ2) is 6.92. The highest BCUT2D eigenvalue weighted by atomic mass is 16.6. The van der Waals surface area contributed by atoms with Crippen molar-refractivity contribution in [2.75, 3.05) is 6.61 Å². The van der Waals surface area contributed by atoms with Crippen molar-refractivity contribution in [2.45, 2.75) is 19.6 Å². The fourth-order valence-corrected chi connectivity index (χ4v) is 2.88. The molecule has 0 spiro atoms. The minimum atomic E-state index is -0.641. The van der Waals surface area contributed by atoms with E-state index in [4.69, 9.17) is 9.47 Å². The van der Waals surface area contributed by atoms with Gasteiger partial charge in [-0.05, 0) is 36.8 Å². The van der Waals surface area contributed by atoms with E-state index in [0.717, 1.165) is 17.1 Å². The van der Waals surface area contributed by atoms with Gasteiger partial charge in [0.2, 0.25) is 6.10 Å². The third-order valence-corrected chi connectivity index (χ3v) is 4.31. The van der Waals surface area contributed by atoms with Crippen molar-refractivity contribution in [3.8, 4) is 17.2 Å². The highest BCUT2D eigenvalue weighted by molar-refractivity contribution is 5.81. The number of amides is 1. The number of fused-ring (bicyclic) bond motifs is 1. The van der Waals surface area contributed by atoms with Gasteiger partial charge in [0.1, 0.15) is 12.4 Å². The number of benzene rings is 2. The lowest BCUT2D eigenvalue weighted by Gasteiger charge is -2.25. The number of carbonyl (C=O) groups excluding carboxylic acids is 1. The number of hydrogen-bond acceptors (Lipinski definition) is 4. The largest absolute Gasteiger partial charge is 0.485 e. The summed E-state index contributed by atoms with van der Waals surface area (Å²) in [5.41, 5.74) is 2.05. The van der Waals surface area contributed by atoms with E-state index in [1.54, 1.807) is 12.3 Å². The molecule has 26 heavy (non-hydrogen) atoms. The van der Waals surface area contributed by atoms with Gasteiger partial charge in [-0.1, -0.05) is 24.3 Å². The monoisotopic (exact) mass is 349 g/mol. The molecule has 1 aliphatic rings. The van der Waals surface area contributed by atoms with Crippen LogP contribution in [0.4, 0.5) is 0 Å². The Hall–Kier alpha value is -3.28. The molecule has 1 N–H and O–H groups in total. The highest BCUT2D eigenvalue weighted by Crippen LogP contribution is 2.30. The molecule has 3 aromatic rings. The van der Waals surface area contributed by atoms with Crippen LogP contribution in [-0.2, 0) is 11.3 Å². The van der Waals surface area contributed by atoms with Gasteiger partial charge in [-0.25, -0.2) is 4.98 Å². The maximum Gasteiger partial charge on any atom is 0.264 e. The molecule has 0 fully saturated rings. The van der Waals surface area contributed by atoms with Crippen LogP contribution in [0.25, 0.3) is 5.69 Å². The summed E-state index contributed by atoms with van der Waals surface area (Å²) in [6.45, 7) is 2.60. The summed E-state index contributed by atoms with van der Waals surface area (Å²) in [6.07, 6.45) is 3.05. The van der Waals surface area contributed by atoms with Crippen molar-refractivity contribution in [3.05, 3.63) is 72.3 Å². The maximum atomic E-state index is 12.4. The van der Waals surface area contributed by atoms with Gasteiger partial charge in [-0.3, -0.25) is 4.79 Å². The lowest BCUT2D eigenvalue weighted by atomic mass is 10.2. The smallest absolute Gasteiger partial charge is 0.264 e. The fourth-order valence-electron chi connectivity index (χ4n) is 2.88. The Morgan fingerprint density at radius 2 is 1.96 bits per heavy atom. The van der Waals surface area contributed by atoms with E-state index in [0.29, 0.717) is 18.0 Å². The van der Waals surface area contributed by atoms with Gasteiger partial charge < -0.3 is 19.4 Å². The SMILES string of the molecule is Cc1nccn1-c1ccc(CNC(=O)[C@H]2COc3ccccc3O2)cc1. The summed E-state index contributed by atoms with van der Waals surface area (Å²) in [5, 5.41) is 2.90. The summed E-state index contributed by atoms with van der Waals surface area (Å²) in [5.74, 6) is 2.01. The predicted octanol–water partition coefficient (Wildman–Crippen LogP) is 2.64. The molecule has 0 saturated heterocycles. The zero-order valence-corrected chi connectivity index (χ0v) is 14.4. The van der Waals surface area contributed by atoms with Crippen LogP contribution >= 0.6 is 0 Å². The predicted molar refractivity (Wildman–Crippen MR) is 96.5 cm³/mol. The van der Waals surface area contributed by atoms with Gasteiger partial charge in [0, 0.05) is 24.6 Å². The Morgan fingerprint density at radius 1 is 1.19 bits per heavy atom. The standard InChI is InChI=1S/C20H19N3O3/c1-14-21-10-11-23(14)16-8-6-15(7-9-16)12-22-20(24)19-13-25-17-4-2-3-5-18(17)26-19/h2-11,19H,12-13H2,1H3,(H,22,24)/t19-/m1/s1. The molecule has 0 unspecified atom stereocenters. The van der Waals surface area contributed by atoms with Gasteiger partial charge in [-0.15, -0.1) is 0 Å². The minimum Gasteiger partial charge on any atom is -0.485 e. The Bertz CT molecular complexity index is 918. The normalized spacial score (nSPS) is 15.5. The van der Waals surface area contributed by atoms with E-state index in [2.05, 4.69) is 10.3 Å². The zero-order chi connectivity index (χ0) is 17.9. The van der Waals surface area contributed by atoms with E-state index in [-0.39, 0.29) is 12.5 Å². The molecule has 1 aliphatic heterocycles. The number of hydrogen-bond donors (Lipinski definition) is 1. The van der Waals surface area contributed by atoms with Gasteiger partial charge in [0.05, 0.1) is 0 Å². The van der Waals surface area contributed by atoms with Crippen LogP contribution in [-0.4, -0.2) is 28.2 Å². The number of aryl methyl sites for hydroxylation is 1. The van der Waals surface area contributed by atoms with Gasteiger partial charge in [0.25, 0.3) is 5.91 Å². The zero-order valence-electron chi connectivity index (χ0n) is 14.4. The quantitative estimate of drug-likeness (QED) is 0.786. The number of para-hydroxylation sites is 2. The summed E-state index contributed by atoms with van der Waals surface area (Å²) in [6, 6.07) is 15.3. The average Bonchev–Trinajstić information content (AvgIpc) is 3.12. The number of rotatable bonds is 4. The topological polar surface area (TPSA) is 65.4 Å². The summed E-state index contributed by atoms with van der Waals surface area (Å²) in [7, 11) is 0. The van der Waals surface area contributed by atoms with Crippen LogP contribution in [0.15, 0.2) is 60.9 Å². The second-order valence-electron chi connectivity index (χ2n) is 6.09. The Kier molecular flexibility index (Phi) is 4.31. The van der Waals surface area contributed by atoms with Gasteiger partial charge in [0.15, 0.2) is 11.5 Å². The van der Waals surface area contributed by atoms with Crippen LogP contribution in [0.1, 0.15) is 11.4 Å². The third kappa shape index (κ3) is 3.26. The molecule has 0 bridgehead atoms. The first-order valence-corrected chi connectivity index (χ1v) is 8.46. The van der Waals surface area contributed by atoms with Crippen molar-refractivity contribution >= 4 is 5.91 Å². The van der Waals surface area contributed by atoms with Crippen molar-refractivity contribution in [3.63, 3.8) is 0 Å². The van der Waals surface area contributed by atoms with Crippen LogP contribution in [0.2, 0.25) is 0 Å². The van der Waals surface area contributed by atoms with E-state index in [1.807, 2.05) is 60.2 Å². The summed E-state index contributed by atoms with van der Waals surface area (Å²) in [4.78, 5) is 16.6. The molecule has 4 rings (SSSR count). The molecule has 1 amide bonds. The number of ether oxygens (including phenoxy) is 2. The fraction of sp³-hybridized carbons (Fsp3) is 0.200. The Morgan fingerprint density at radius 3 is 2.69 bits per heavy atom. The van der Waals surface area contributed by atoms with Crippen LogP contribution in [0, 0.1) is 6.92 Å². The van der Waals surface area contributed by atoms with Crippen LogP contribution < -0.4 is 14.8 Å². The summed E-state index contributed by atoms with van der Waals surface area (Å²) >= 11 is 0. The molecule has 2 aromatic carbocycles. The van der Waals surface area contributed by atoms with E-state index < -0.39 is 6.10 Å². The van der Waals surface area contributed by atoms with Crippen molar-refractivity contribution in [2.24, 2.45) is 0 Å². The molecule has 0 aliphatic carbocycles. The van der Waals surface area contributed by atoms with Gasteiger partial charge in [-0.2, -0.15) is 0 Å². The number of carbonyl (C=O) groups is 1. The molecule has 0 saturated carbocycles. The number of imidazole rings is 1. The van der Waals surface area contributed by atoms with Crippen LogP contribution in [0.5, 0.6) is 11.5 Å². The Labute approximate surface area is 151 Å². The molecule has 6 nitrogen and oxygen atoms in total. The molecule has 132 valence electrons. The maximum absolute atomic E-state index is 12.4. The molecular weight excluding hydrogens is 330 g/mol. The molecule has 2 heterocycles. The van der Waals surface area contributed by atoms with Crippen molar-refractivity contribution < 1.29 is 14.3 Å². The number of nitrogens with zero attached hydrogens (tertiary/aromatic N) is 2. The second-order valence-corrected chi connectivity index (χ2v) is 6.09. The first-order chi connectivity index (χ1) is 12.7. The van der Waals surface area contributed by atoms with Crippen molar-refractivity contribution in [1.82, 2.24) is 14.9 Å². The van der Waals surface area contributed by atoms with Gasteiger partial charge >= 0.3 is 0 Å². The van der Waals surface area contributed by atoms with Crippen LogP contribution in [0.3, 0.4) is 0 Å². The van der Waals surface area contributed by atoms with E-state index in [9.17, 15) is 4.79 Å². The summed E-state index contributed by atoms with van der Waals surface area (Å²) < 4.78 is 13.3. The first-order valence-electron chi connectivity index (χ1n) is 8.46. The minimum absolute atomic E-state index is 0.186. The third-order valence-electron chi connectivity index (χ3n) is 4.31. The van der Waals surface area contributed by atoms with E-state index in [1.165, 1.54) is 0 Å². The number of nitrogens with one attached hydrogen (secondary N) is 1. The first kappa shape index (κ1) is 16.2. The molecule has 0 radical (unpaired) electrons. The molecular formula is C20H19N3O3. The average molecular weight is 349 g/mol. The number of aromatic nitrogens is 2.